The fourth-order valence-corrected chi connectivity index (χ4v) is 4.38. The highest BCUT2D eigenvalue weighted by molar-refractivity contribution is 8.00. The molecule has 0 spiro atoms. The number of H-pyrrole nitrogens is 2. The van der Waals surface area contributed by atoms with Gasteiger partial charge in [0.2, 0.25) is 11.8 Å². The van der Waals surface area contributed by atoms with E-state index >= 15 is 0 Å². The monoisotopic (exact) mass is 530 g/mol. The van der Waals surface area contributed by atoms with E-state index in [9.17, 15) is 20.1 Å². The summed E-state index contributed by atoms with van der Waals surface area (Å²) in [5.41, 5.74) is 3.14. The van der Waals surface area contributed by atoms with Crippen LogP contribution in [0.3, 0.4) is 0 Å². The average Bonchev–Trinajstić information content (AvgIpc) is 3.62. The van der Waals surface area contributed by atoms with Crippen LogP contribution in [0.2, 0.25) is 0 Å². The maximum Gasteiger partial charge on any atom is 0.234 e. The number of nitriles is 2. The number of rotatable bonds is 10. The summed E-state index contributed by atoms with van der Waals surface area (Å²) in [5, 5.41) is 45.9. The van der Waals surface area contributed by atoms with Crippen molar-refractivity contribution in [2.75, 3.05) is 22.1 Å². The molecular weight excluding hydrogens is 512 g/mol. The number of anilines is 2. The van der Waals surface area contributed by atoms with Crippen molar-refractivity contribution in [3.8, 4) is 12.1 Å². The number of benzene rings is 2. The maximum absolute atomic E-state index is 12.3. The van der Waals surface area contributed by atoms with Gasteiger partial charge in [-0.05, 0) is 41.8 Å². The molecule has 0 radical (unpaired) electrons. The molecule has 14 heteroatoms. The fourth-order valence-electron chi connectivity index (χ4n) is 3.21. The van der Waals surface area contributed by atoms with Gasteiger partial charge in [0.25, 0.3) is 0 Å². The summed E-state index contributed by atoms with van der Waals surface area (Å²) in [6, 6.07) is 14.6. The Morgan fingerprint density at radius 1 is 0.784 bits per heavy atom. The van der Waals surface area contributed by atoms with E-state index in [2.05, 4.69) is 53.6 Å². The van der Waals surface area contributed by atoms with E-state index in [4.69, 9.17) is 0 Å². The first kappa shape index (κ1) is 25.4. The van der Waals surface area contributed by atoms with Crippen molar-refractivity contribution in [2.24, 2.45) is 0 Å². The summed E-state index contributed by atoms with van der Waals surface area (Å²) >= 11 is 2.45. The Labute approximate surface area is 219 Å². The standard InChI is InChI=1S/C23H18N10O2S2/c24-8-16-6-14(1-3-18(16)28-20(34)12-36-22-10-26-32-30-22)5-15-2-4-19(17(7-15)9-25)29-21(35)13-37-23-11-27-33-31-23/h1-4,6-7,10-11H,5,12-13H2,(H,28,34)(H,29,35)(H,26,30,32)(H,27,31,33). The number of amides is 2. The molecule has 2 heterocycles. The SMILES string of the molecule is N#Cc1cc(Cc2ccc(NC(=O)CSc3cn[nH]n3)c(C#N)c2)ccc1NC(=O)CSc1cn[nH]n1. The molecule has 4 aromatic rings. The number of hydrogen-bond acceptors (Lipinski definition) is 10. The molecule has 0 aliphatic rings. The molecule has 4 rings (SSSR count). The summed E-state index contributed by atoms with van der Waals surface area (Å²) in [5.74, 6) is -0.295. The van der Waals surface area contributed by atoms with Crippen molar-refractivity contribution < 1.29 is 9.59 Å². The Morgan fingerprint density at radius 3 is 1.62 bits per heavy atom. The van der Waals surface area contributed by atoms with Crippen molar-refractivity contribution in [1.82, 2.24) is 30.8 Å². The minimum Gasteiger partial charge on any atom is -0.324 e. The van der Waals surface area contributed by atoms with Crippen LogP contribution < -0.4 is 10.6 Å². The Balaban J connectivity index is 1.37. The van der Waals surface area contributed by atoms with Gasteiger partial charge < -0.3 is 10.6 Å². The lowest BCUT2D eigenvalue weighted by Crippen LogP contribution is -2.15. The highest BCUT2D eigenvalue weighted by Crippen LogP contribution is 2.23. The quantitative estimate of drug-likeness (QED) is 0.222. The van der Waals surface area contributed by atoms with E-state index in [-0.39, 0.29) is 23.3 Å². The zero-order valence-corrected chi connectivity index (χ0v) is 20.7. The zero-order chi connectivity index (χ0) is 26.0. The molecule has 0 aliphatic heterocycles. The van der Waals surface area contributed by atoms with Crippen LogP contribution in [0.1, 0.15) is 22.3 Å². The van der Waals surface area contributed by atoms with E-state index < -0.39 is 0 Å². The third-order valence-electron chi connectivity index (χ3n) is 4.85. The predicted octanol–water partition coefficient (Wildman–Crippen LogP) is 2.72. The number of aromatic amines is 2. The average molecular weight is 531 g/mol. The van der Waals surface area contributed by atoms with Gasteiger partial charge in [0, 0.05) is 0 Å². The molecule has 0 saturated carbocycles. The number of hydrogen-bond donors (Lipinski definition) is 4. The van der Waals surface area contributed by atoms with E-state index in [0.717, 1.165) is 11.1 Å². The number of nitrogens with one attached hydrogen (secondary N) is 4. The van der Waals surface area contributed by atoms with Gasteiger partial charge in [0.05, 0.1) is 46.4 Å². The molecule has 0 saturated heterocycles. The van der Waals surface area contributed by atoms with Crippen molar-refractivity contribution in [3.63, 3.8) is 0 Å². The first-order valence-corrected chi connectivity index (χ1v) is 12.6. The molecule has 0 atom stereocenters. The Bertz CT molecular complexity index is 1360. The molecule has 0 bridgehead atoms. The van der Waals surface area contributed by atoms with Gasteiger partial charge >= 0.3 is 0 Å². The van der Waals surface area contributed by atoms with E-state index in [0.29, 0.717) is 39.0 Å². The third kappa shape index (κ3) is 7.17. The highest BCUT2D eigenvalue weighted by Gasteiger charge is 2.12. The van der Waals surface area contributed by atoms with E-state index in [1.54, 1.807) is 24.3 Å². The molecule has 184 valence electrons. The van der Waals surface area contributed by atoms with Crippen LogP contribution in [0, 0.1) is 22.7 Å². The minimum absolute atomic E-state index is 0.123. The van der Waals surface area contributed by atoms with Crippen LogP contribution >= 0.6 is 23.5 Å². The van der Waals surface area contributed by atoms with Gasteiger partial charge in [0.15, 0.2) is 0 Å². The van der Waals surface area contributed by atoms with Crippen molar-refractivity contribution in [3.05, 3.63) is 71.0 Å². The normalized spacial score (nSPS) is 10.3. The maximum atomic E-state index is 12.3. The highest BCUT2D eigenvalue weighted by atomic mass is 32.2. The lowest BCUT2D eigenvalue weighted by atomic mass is 10.00. The molecule has 2 amide bonds. The lowest BCUT2D eigenvalue weighted by molar-refractivity contribution is -0.114. The smallest absolute Gasteiger partial charge is 0.234 e. The van der Waals surface area contributed by atoms with E-state index in [1.165, 1.54) is 35.9 Å². The molecule has 4 N–H and O–H groups in total. The van der Waals surface area contributed by atoms with Crippen molar-refractivity contribution >= 4 is 46.7 Å². The third-order valence-corrected chi connectivity index (χ3v) is 6.65. The molecule has 0 aliphatic carbocycles. The predicted molar refractivity (Wildman–Crippen MR) is 137 cm³/mol. The molecule has 0 fully saturated rings. The topological polar surface area (TPSA) is 189 Å². The largest absolute Gasteiger partial charge is 0.324 e. The van der Waals surface area contributed by atoms with Crippen LogP contribution in [0.25, 0.3) is 0 Å². The summed E-state index contributed by atoms with van der Waals surface area (Å²) < 4.78 is 0. The summed E-state index contributed by atoms with van der Waals surface area (Å²) in [6.45, 7) is 0. The molecule has 0 unspecified atom stereocenters. The second-order valence-electron chi connectivity index (χ2n) is 7.45. The molecule has 2 aromatic heterocycles. The number of carbonyl (C=O) groups is 2. The minimum atomic E-state index is -0.270. The summed E-state index contributed by atoms with van der Waals surface area (Å²) in [6.07, 6.45) is 3.49. The Kier molecular flexibility index (Phi) is 8.49. The molecule has 2 aromatic carbocycles. The van der Waals surface area contributed by atoms with Crippen LogP contribution in [-0.2, 0) is 16.0 Å². The van der Waals surface area contributed by atoms with Gasteiger partial charge in [-0.3, -0.25) is 9.59 Å². The summed E-state index contributed by atoms with van der Waals surface area (Å²) in [7, 11) is 0. The Morgan fingerprint density at radius 2 is 1.24 bits per heavy atom. The number of aromatic nitrogens is 6. The second-order valence-corrected chi connectivity index (χ2v) is 9.44. The first-order chi connectivity index (χ1) is 18.0. The van der Waals surface area contributed by atoms with Gasteiger partial charge in [-0.1, -0.05) is 35.7 Å². The number of thioether (sulfide) groups is 2. The number of nitrogens with zero attached hydrogens (tertiary/aromatic N) is 6. The van der Waals surface area contributed by atoms with Gasteiger partial charge in [-0.25, -0.2) is 0 Å². The van der Waals surface area contributed by atoms with Crippen LogP contribution in [0.4, 0.5) is 11.4 Å². The summed E-state index contributed by atoms with van der Waals surface area (Å²) in [4.78, 5) is 24.5. The molecular formula is C23H18N10O2S2. The Hall–Kier alpha value is -4.66. The molecule has 12 nitrogen and oxygen atoms in total. The number of carbonyl (C=O) groups excluding carboxylic acids is 2. The molecule has 37 heavy (non-hydrogen) atoms. The van der Waals surface area contributed by atoms with Crippen LogP contribution in [0.15, 0.2) is 58.8 Å². The van der Waals surface area contributed by atoms with Crippen molar-refractivity contribution in [1.29, 1.82) is 10.5 Å². The second kappa shape index (κ2) is 12.3. The van der Waals surface area contributed by atoms with Crippen molar-refractivity contribution in [2.45, 2.75) is 16.5 Å². The van der Waals surface area contributed by atoms with Gasteiger partial charge in [0.1, 0.15) is 22.2 Å². The van der Waals surface area contributed by atoms with Crippen LogP contribution in [-0.4, -0.2) is 54.1 Å². The first-order valence-electron chi connectivity index (χ1n) is 10.7. The lowest BCUT2D eigenvalue weighted by Gasteiger charge is -2.11. The van der Waals surface area contributed by atoms with Gasteiger partial charge in [-0.15, -0.1) is 10.2 Å². The van der Waals surface area contributed by atoms with Gasteiger partial charge in [-0.2, -0.15) is 31.1 Å². The zero-order valence-electron chi connectivity index (χ0n) is 19.1. The van der Waals surface area contributed by atoms with Crippen LogP contribution in [0.5, 0.6) is 0 Å². The fraction of sp³-hybridized carbons (Fsp3) is 0.130. The van der Waals surface area contributed by atoms with E-state index in [1.807, 2.05) is 12.1 Å².